The summed E-state index contributed by atoms with van der Waals surface area (Å²) in [6.45, 7) is 1.28. The molecule has 0 saturated heterocycles. The Morgan fingerprint density at radius 2 is 2.07 bits per heavy atom. The van der Waals surface area contributed by atoms with Gasteiger partial charge in [0.25, 0.3) is 5.91 Å². The molecule has 0 radical (unpaired) electrons. The molecule has 6 nitrogen and oxygen atoms in total. The minimum absolute atomic E-state index is 0.0281. The molecule has 7 heteroatoms. The van der Waals surface area contributed by atoms with Gasteiger partial charge in [0.15, 0.2) is 0 Å². The van der Waals surface area contributed by atoms with Gasteiger partial charge in [0.2, 0.25) is 0 Å². The van der Waals surface area contributed by atoms with E-state index in [1.807, 2.05) is 53.2 Å². The number of nitrogens with one attached hydrogen (secondary N) is 1. The maximum atomic E-state index is 12.3. The summed E-state index contributed by atoms with van der Waals surface area (Å²) in [4.78, 5) is 12.3. The van der Waals surface area contributed by atoms with Crippen molar-refractivity contribution in [2.75, 3.05) is 6.61 Å². The lowest BCUT2D eigenvalue weighted by atomic mass is 10.2. The first-order valence-corrected chi connectivity index (χ1v) is 9.41. The van der Waals surface area contributed by atoms with Crippen molar-refractivity contribution in [3.63, 3.8) is 0 Å². The lowest BCUT2D eigenvalue weighted by Gasteiger charge is -2.09. The first-order chi connectivity index (χ1) is 13.7. The van der Waals surface area contributed by atoms with E-state index in [2.05, 4.69) is 21.2 Å². The molecular weight excluding hydrogens is 422 g/mol. The summed E-state index contributed by atoms with van der Waals surface area (Å²) in [7, 11) is 0. The van der Waals surface area contributed by atoms with E-state index < -0.39 is 5.91 Å². The minimum Gasteiger partial charge on any atom is -0.492 e. The third-order valence-corrected chi connectivity index (χ3v) is 4.47. The molecule has 1 amide bonds. The summed E-state index contributed by atoms with van der Waals surface area (Å²) in [5, 5.41) is 12.0. The van der Waals surface area contributed by atoms with E-state index in [9.17, 15) is 10.1 Å². The van der Waals surface area contributed by atoms with Gasteiger partial charge >= 0.3 is 0 Å². The fraction of sp³-hybridized carbons (Fsp3) is 0.143. The number of carbonyl (C=O) groups is 1. The molecule has 0 spiro atoms. The van der Waals surface area contributed by atoms with Crippen LogP contribution in [0.4, 0.5) is 0 Å². The first-order valence-electron chi connectivity index (χ1n) is 8.61. The Balaban J connectivity index is 1.59. The van der Waals surface area contributed by atoms with Gasteiger partial charge < -0.3 is 19.0 Å². The van der Waals surface area contributed by atoms with Gasteiger partial charge in [0.05, 0.1) is 19.4 Å². The largest absolute Gasteiger partial charge is 0.492 e. The van der Waals surface area contributed by atoms with Crippen molar-refractivity contribution in [1.82, 2.24) is 9.88 Å². The zero-order chi connectivity index (χ0) is 19.8. The van der Waals surface area contributed by atoms with Crippen LogP contribution in [0, 0.1) is 11.3 Å². The molecule has 0 aliphatic heterocycles. The number of amides is 1. The number of hydrogen-bond acceptors (Lipinski definition) is 4. The Morgan fingerprint density at radius 3 is 2.79 bits per heavy atom. The molecule has 0 fully saturated rings. The lowest BCUT2D eigenvalue weighted by molar-refractivity contribution is -0.117. The van der Waals surface area contributed by atoms with Crippen molar-refractivity contribution < 1.29 is 13.9 Å². The van der Waals surface area contributed by atoms with Crippen LogP contribution in [0.3, 0.4) is 0 Å². The molecule has 0 aliphatic rings. The van der Waals surface area contributed by atoms with Gasteiger partial charge in [0, 0.05) is 16.4 Å². The molecule has 0 unspecified atom stereocenters. The van der Waals surface area contributed by atoms with Crippen molar-refractivity contribution in [2.24, 2.45) is 0 Å². The van der Waals surface area contributed by atoms with Gasteiger partial charge in [-0.15, -0.1) is 0 Å². The van der Waals surface area contributed by atoms with E-state index in [1.54, 1.807) is 18.2 Å². The van der Waals surface area contributed by atoms with Crippen LogP contribution in [0.25, 0.3) is 6.08 Å². The van der Waals surface area contributed by atoms with Crippen LogP contribution in [0.15, 0.2) is 75.5 Å². The molecule has 28 heavy (non-hydrogen) atoms. The van der Waals surface area contributed by atoms with Crippen LogP contribution < -0.4 is 10.1 Å². The maximum absolute atomic E-state index is 12.3. The van der Waals surface area contributed by atoms with E-state index in [0.717, 1.165) is 15.9 Å². The molecule has 0 saturated carbocycles. The third kappa shape index (κ3) is 5.38. The Hall–Kier alpha value is -3.24. The molecule has 3 aromatic rings. The third-order valence-electron chi connectivity index (χ3n) is 3.94. The van der Waals surface area contributed by atoms with Crippen molar-refractivity contribution in [2.45, 2.75) is 13.1 Å². The van der Waals surface area contributed by atoms with Gasteiger partial charge in [-0.05, 0) is 54.6 Å². The normalized spacial score (nSPS) is 11.1. The summed E-state index contributed by atoms with van der Waals surface area (Å²) in [6, 6.07) is 16.8. The van der Waals surface area contributed by atoms with E-state index in [4.69, 9.17) is 9.15 Å². The molecule has 1 N–H and O–H groups in total. The second-order valence-corrected chi connectivity index (χ2v) is 6.78. The van der Waals surface area contributed by atoms with Crippen LogP contribution >= 0.6 is 15.9 Å². The summed E-state index contributed by atoms with van der Waals surface area (Å²) in [5.74, 6) is 0.958. The molecule has 1 aromatic carbocycles. The number of rotatable bonds is 8. The van der Waals surface area contributed by atoms with Crippen LogP contribution in [0.1, 0.15) is 11.5 Å². The number of aromatic nitrogens is 1. The predicted molar refractivity (Wildman–Crippen MR) is 108 cm³/mol. The Labute approximate surface area is 171 Å². The van der Waals surface area contributed by atoms with Crippen molar-refractivity contribution in [1.29, 1.82) is 5.26 Å². The molecule has 2 heterocycles. The topological polar surface area (TPSA) is 80.2 Å². The monoisotopic (exact) mass is 439 g/mol. The van der Waals surface area contributed by atoms with Crippen LogP contribution in [-0.2, 0) is 17.9 Å². The number of nitrogens with zero attached hydrogens (tertiary/aromatic N) is 2. The zero-order valence-corrected chi connectivity index (χ0v) is 16.6. The van der Waals surface area contributed by atoms with E-state index in [0.29, 0.717) is 18.9 Å². The van der Waals surface area contributed by atoms with Crippen LogP contribution in [0.2, 0.25) is 0 Å². The van der Waals surface area contributed by atoms with Gasteiger partial charge in [-0.1, -0.05) is 15.9 Å². The van der Waals surface area contributed by atoms with Crippen LogP contribution in [-0.4, -0.2) is 17.1 Å². The number of halogens is 1. The highest BCUT2D eigenvalue weighted by molar-refractivity contribution is 9.10. The van der Waals surface area contributed by atoms with Gasteiger partial charge in [-0.25, -0.2) is 0 Å². The second-order valence-electron chi connectivity index (χ2n) is 5.86. The van der Waals surface area contributed by atoms with Crippen molar-refractivity contribution >= 4 is 27.9 Å². The number of ether oxygens (including phenoxy) is 1. The average Bonchev–Trinajstić information content (AvgIpc) is 3.38. The number of hydrogen-bond donors (Lipinski definition) is 1. The minimum atomic E-state index is -0.447. The van der Waals surface area contributed by atoms with Crippen LogP contribution in [0.5, 0.6) is 5.75 Å². The number of furan rings is 1. The highest BCUT2D eigenvalue weighted by Crippen LogP contribution is 2.16. The second kappa shape index (κ2) is 9.62. The van der Waals surface area contributed by atoms with Crippen molar-refractivity contribution in [3.8, 4) is 11.8 Å². The summed E-state index contributed by atoms with van der Waals surface area (Å²) >= 11 is 3.39. The molecule has 2 aromatic heterocycles. The number of carbonyl (C=O) groups excluding carboxylic acids is 1. The molecule has 0 bridgehead atoms. The van der Waals surface area contributed by atoms with Gasteiger partial charge in [-0.3, -0.25) is 4.79 Å². The van der Waals surface area contributed by atoms with E-state index in [-0.39, 0.29) is 12.1 Å². The summed E-state index contributed by atoms with van der Waals surface area (Å²) in [5.41, 5.74) is 0.782. The Bertz CT molecular complexity index is 983. The van der Waals surface area contributed by atoms with E-state index >= 15 is 0 Å². The van der Waals surface area contributed by atoms with Gasteiger partial charge in [0.1, 0.15) is 29.8 Å². The zero-order valence-electron chi connectivity index (χ0n) is 15.0. The molecular formula is C21H18BrN3O3. The molecule has 3 rings (SSSR count). The Morgan fingerprint density at radius 1 is 1.25 bits per heavy atom. The Kier molecular flexibility index (Phi) is 6.71. The SMILES string of the molecule is N#CC(=Cc1cccn1CCOc1ccc(Br)cc1)C(=O)NCc1ccco1. The first kappa shape index (κ1) is 19.5. The smallest absolute Gasteiger partial charge is 0.262 e. The molecule has 0 atom stereocenters. The highest BCUT2D eigenvalue weighted by Gasteiger charge is 2.11. The quantitative estimate of drug-likeness (QED) is 0.422. The highest BCUT2D eigenvalue weighted by atomic mass is 79.9. The lowest BCUT2D eigenvalue weighted by Crippen LogP contribution is -2.23. The maximum Gasteiger partial charge on any atom is 0.262 e. The number of nitriles is 1. The number of benzene rings is 1. The summed E-state index contributed by atoms with van der Waals surface area (Å²) < 4.78 is 13.8. The fourth-order valence-electron chi connectivity index (χ4n) is 2.53. The summed E-state index contributed by atoms with van der Waals surface area (Å²) in [6.07, 6.45) is 4.98. The van der Waals surface area contributed by atoms with Gasteiger partial charge in [-0.2, -0.15) is 5.26 Å². The average molecular weight is 440 g/mol. The molecule has 142 valence electrons. The van der Waals surface area contributed by atoms with E-state index in [1.165, 1.54) is 6.26 Å². The van der Waals surface area contributed by atoms with Crippen molar-refractivity contribution in [3.05, 3.63) is 82.5 Å². The standard InChI is InChI=1S/C21H18BrN3O3/c22-17-5-7-19(8-6-17)28-12-10-25-9-1-3-18(25)13-16(14-23)21(26)24-15-20-4-2-11-27-20/h1-9,11,13H,10,12,15H2,(H,24,26). The fourth-order valence-corrected chi connectivity index (χ4v) is 2.79. The molecule has 0 aliphatic carbocycles. The predicted octanol–water partition coefficient (Wildman–Crippen LogP) is 4.15.